The standard InChI is InChI=1S/C25H38N6O/c1-19-15-20(2)31(28-19)18-21(3)29-13-8-24(9-14-29)30-11-6-23(7-12-30)25(32)27-17-22-5-4-10-26-16-22/h4-5,10,15-16,21,23-24H,6-9,11-14,17-18H2,1-3H3,(H,27,32). The van der Waals surface area contributed by atoms with Crippen molar-refractivity contribution in [3.05, 3.63) is 47.5 Å². The number of nitrogens with zero attached hydrogens (tertiary/aromatic N) is 5. The summed E-state index contributed by atoms with van der Waals surface area (Å²) in [6, 6.07) is 7.22. The molecule has 0 bridgehead atoms. The van der Waals surface area contributed by atoms with Crippen molar-refractivity contribution in [2.45, 2.75) is 71.6 Å². The molecule has 1 atom stereocenters. The number of piperidine rings is 2. The first-order chi connectivity index (χ1) is 15.5. The van der Waals surface area contributed by atoms with E-state index < -0.39 is 0 Å². The molecule has 0 radical (unpaired) electrons. The second-order valence-corrected chi connectivity index (χ2v) is 9.61. The number of amides is 1. The van der Waals surface area contributed by atoms with E-state index >= 15 is 0 Å². The number of aromatic nitrogens is 3. The molecule has 1 unspecified atom stereocenters. The van der Waals surface area contributed by atoms with Crippen LogP contribution in [0, 0.1) is 19.8 Å². The van der Waals surface area contributed by atoms with Crippen molar-refractivity contribution < 1.29 is 4.79 Å². The van der Waals surface area contributed by atoms with E-state index in [-0.39, 0.29) is 11.8 Å². The third kappa shape index (κ3) is 5.75. The Morgan fingerprint density at radius 1 is 1.16 bits per heavy atom. The van der Waals surface area contributed by atoms with Gasteiger partial charge in [-0.25, -0.2) is 0 Å². The summed E-state index contributed by atoms with van der Waals surface area (Å²) in [4.78, 5) is 21.9. The Hall–Kier alpha value is -2.25. The summed E-state index contributed by atoms with van der Waals surface area (Å²) in [5, 5.41) is 7.73. The van der Waals surface area contributed by atoms with Crippen molar-refractivity contribution in [3.8, 4) is 0 Å². The van der Waals surface area contributed by atoms with Gasteiger partial charge in [-0.05, 0) is 90.3 Å². The number of carbonyl (C=O) groups is 1. The Morgan fingerprint density at radius 3 is 2.53 bits per heavy atom. The molecule has 4 rings (SSSR count). The molecule has 1 amide bonds. The van der Waals surface area contributed by atoms with Crippen molar-refractivity contribution >= 4 is 5.91 Å². The lowest BCUT2D eigenvalue weighted by molar-refractivity contribution is -0.126. The molecule has 174 valence electrons. The average molecular weight is 439 g/mol. The molecular formula is C25H38N6O. The van der Waals surface area contributed by atoms with E-state index in [0.717, 1.165) is 56.8 Å². The molecule has 0 spiro atoms. The first kappa shape index (κ1) is 22.9. The van der Waals surface area contributed by atoms with Crippen molar-refractivity contribution in [1.82, 2.24) is 29.9 Å². The smallest absolute Gasteiger partial charge is 0.223 e. The van der Waals surface area contributed by atoms with Gasteiger partial charge in [0.2, 0.25) is 5.91 Å². The fraction of sp³-hybridized carbons (Fsp3) is 0.640. The first-order valence-electron chi connectivity index (χ1n) is 12.2. The van der Waals surface area contributed by atoms with E-state index in [4.69, 9.17) is 0 Å². The van der Waals surface area contributed by atoms with Gasteiger partial charge in [0.05, 0.1) is 12.2 Å². The third-order valence-corrected chi connectivity index (χ3v) is 7.27. The van der Waals surface area contributed by atoms with Crippen LogP contribution in [0.3, 0.4) is 0 Å². The fourth-order valence-electron chi connectivity index (χ4n) is 5.28. The summed E-state index contributed by atoms with van der Waals surface area (Å²) >= 11 is 0. The molecule has 4 heterocycles. The van der Waals surface area contributed by atoms with Gasteiger partial charge in [-0.3, -0.25) is 19.4 Å². The monoisotopic (exact) mass is 438 g/mol. The number of pyridine rings is 1. The molecular weight excluding hydrogens is 400 g/mol. The van der Waals surface area contributed by atoms with Gasteiger partial charge in [-0.15, -0.1) is 0 Å². The van der Waals surface area contributed by atoms with E-state index in [0.29, 0.717) is 18.6 Å². The van der Waals surface area contributed by atoms with Gasteiger partial charge in [-0.1, -0.05) is 6.07 Å². The Balaban J connectivity index is 1.17. The quantitative estimate of drug-likeness (QED) is 0.720. The first-order valence-corrected chi connectivity index (χ1v) is 12.2. The summed E-state index contributed by atoms with van der Waals surface area (Å²) in [6.07, 6.45) is 7.94. The van der Waals surface area contributed by atoms with Gasteiger partial charge >= 0.3 is 0 Å². The fourth-order valence-corrected chi connectivity index (χ4v) is 5.28. The Kier molecular flexibility index (Phi) is 7.58. The van der Waals surface area contributed by atoms with Gasteiger partial charge in [0.15, 0.2) is 0 Å². The summed E-state index contributed by atoms with van der Waals surface area (Å²) in [5.41, 5.74) is 3.40. The van der Waals surface area contributed by atoms with Crippen LogP contribution in [0.2, 0.25) is 0 Å². The zero-order valence-corrected chi connectivity index (χ0v) is 19.8. The predicted molar refractivity (Wildman–Crippen MR) is 126 cm³/mol. The Morgan fingerprint density at radius 2 is 1.91 bits per heavy atom. The molecule has 7 heteroatoms. The number of aryl methyl sites for hydroxylation is 2. The SMILES string of the molecule is Cc1cc(C)n(CC(C)N2CCC(N3CCC(C(=O)NCc4cccnc4)CC3)CC2)n1. The highest BCUT2D eigenvalue weighted by Crippen LogP contribution is 2.25. The van der Waals surface area contributed by atoms with Crippen molar-refractivity contribution in [2.24, 2.45) is 5.92 Å². The van der Waals surface area contributed by atoms with Gasteiger partial charge < -0.3 is 10.2 Å². The van der Waals surface area contributed by atoms with Crippen LogP contribution < -0.4 is 5.32 Å². The van der Waals surface area contributed by atoms with E-state index in [1.165, 1.54) is 18.5 Å². The number of hydrogen-bond acceptors (Lipinski definition) is 5. The summed E-state index contributed by atoms with van der Waals surface area (Å²) in [5.74, 6) is 0.338. The van der Waals surface area contributed by atoms with E-state index in [1.54, 1.807) is 6.20 Å². The minimum absolute atomic E-state index is 0.142. The molecule has 2 aliphatic rings. The number of rotatable bonds is 7. The van der Waals surface area contributed by atoms with Gasteiger partial charge in [0, 0.05) is 42.6 Å². The second kappa shape index (κ2) is 10.6. The highest BCUT2D eigenvalue weighted by molar-refractivity contribution is 5.78. The molecule has 2 aromatic rings. The topological polar surface area (TPSA) is 66.3 Å². The zero-order chi connectivity index (χ0) is 22.5. The Labute approximate surface area is 192 Å². The molecule has 7 nitrogen and oxygen atoms in total. The van der Waals surface area contributed by atoms with Crippen LogP contribution in [0.25, 0.3) is 0 Å². The highest BCUT2D eigenvalue weighted by Gasteiger charge is 2.31. The molecule has 2 saturated heterocycles. The van der Waals surface area contributed by atoms with Crippen LogP contribution in [-0.4, -0.2) is 68.7 Å². The average Bonchev–Trinajstić information content (AvgIpc) is 3.14. The molecule has 2 fully saturated rings. The molecule has 0 aliphatic carbocycles. The van der Waals surface area contributed by atoms with Crippen molar-refractivity contribution in [2.75, 3.05) is 26.2 Å². The van der Waals surface area contributed by atoms with Crippen LogP contribution in [0.15, 0.2) is 30.6 Å². The Bertz CT molecular complexity index is 866. The van der Waals surface area contributed by atoms with Crippen LogP contribution >= 0.6 is 0 Å². The predicted octanol–water partition coefficient (Wildman–Crippen LogP) is 2.78. The zero-order valence-electron chi connectivity index (χ0n) is 19.8. The lowest BCUT2D eigenvalue weighted by Gasteiger charge is -2.43. The van der Waals surface area contributed by atoms with E-state index in [1.807, 2.05) is 18.3 Å². The minimum Gasteiger partial charge on any atom is -0.352 e. The van der Waals surface area contributed by atoms with Gasteiger partial charge in [0.25, 0.3) is 0 Å². The van der Waals surface area contributed by atoms with Crippen molar-refractivity contribution in [1.29, 1.82) is 0 Å². The van der Waals surface area contributed by atoms with Gasteiger partial charge in [-0.2, -0.15) is 5.10 Å². The summed E-state index contributed by atoms with van der Waals surface area (Å²) < 4.78 is 2.15. The number of hydrogen-bond donors (Lipinski definition) is 1. The lowest BCUT2D eigenvalue weighted by Crippen LogP contribution is -2.51. The molecule has 2 aliphatic heterocycles. The van der Waals surface area contributed by atoms with Crippen LogP contribution in [0.1, 0.15) is 49.6 Å². The summed E-state index contributed by atoms with van der Waals surface area (Å²) in [6.45, 7) is 12.4. The van der Waals surface area contributed by atoms with E-state index in [2.05, 4.69) is 56.7 Å². The maximum Gasteiger partial charge on any atom is 0.223 e. The maximum absolute atomic E-state index is 12.6. The van der Waals surface area contributed by atoms with Crippen molar-refractivity contribution in [3.63, 3.8) is 0 Å². The number of likely N-dealkylation sites (tertiary alicyclic amines) is 2. The van der Waals surface area contributed by atoms with Crippen LogP contribution in [0.4, 0.5) is 0 Å². The highest BCUT2D eigenvalue weighted by atomic mass is 16.1. The minimum atomic E-state index is 0.142. The van der Waals surface area contributed by atoms with Gasteiger partial charge in [0.1, 0.15) is 0 Å². The molecule has 0 saturated carbocycles. The lowest BCUT2D eigenvalue weighted by atomic mass is 9.92. The number of carbonyl (C=O) groups excluding carboxylic acids is 1. The van der Waals surface area contributed by atoms with E-state index in [9.17, 15) is 4.79 Å². The third-order valence-electron chi connectivity index (χ3n) is 7.27. The second-order valence-electron chi connectivity index (χ2n) is 9.61. The molecule has 1 N–H and O–H groups in total. The largest absolute Gasteiger partial charge is 0.352 e. The van der Waals surface area contributed by atoms with Crippen LogP contribution in [-0.2, 0) is 17.9 Å². The normalized spacial score (nSPS) is 20.3. The molecule has 2 aromatic heterocycles. The molecule has 0 aromatic carbocycles. The van der Waals surface area contributed by atoms with Crippen LogP contribution in [0.5, 0.6) is 0 Å². The summed E-state index contributed by atoms with van der Waals surface area (Å²) in [7, 11) is 0. The molecule has 32 heavy (non-hydrogen) atoms. The maximum atomic E-state index is 12.6. The number of nitrogens with one attached hydrogen (secondary N) is 1.